The lowest BCUT2D eigenvalue weighted by Gasteiger charge is -2.12. The topological polar surface area (TPSA) is 50.7 Å². The Balaban J connectivity index is 1.39. The van der Waals surface area contributed by atoms with E-state index in [0.29, 0.717) is 5.75 Å². The summed E-state index contributed by atoms with van der Waals surface area (Å²) < 4.78 is 5.18. The smallest absolute Gasteiger partial charge is 0.250 e. The molecule has 0 radical (unpaired) electrons. The third kappa shape index (κ3) is 3.80. The summed E-state index contributed by atoms with van der Waals surface area (Å²) in [6.45, 7) is 0. The molecule has 140 valence electrons. The van der Waals surface area contributed by atoms with Gasteiger partial charge in [-0.1, -0.05) is 60.7 Å². The van der Waals surface area contributed by atoms with E-state index in [1.165, 1.54) is 22.3 Å². The van der Waals surface area contributed by atoms with Crippen LogP contribution in [0.2, 0.25) is 0 Å². The number of carbonyl (C=O) groups excluding carboxylic acids is 1. The Labute approximate surface area is 168 Å². The zero-order chi connectivity index (χ0) is 19.3. The number of carbonyl (C=O) groups is 1. The minimum Gasteiger partial charge on any atom is -0.497 e. The number of nitrogens with one attached hydrogen (secondary N) is 1. The molecule has 3 aromatic carbocycles. The number of benzene rings is 3. The van der Waals surface area contributed by atoms with Gasteiger partial charge in [0.2, 0.25) is 5.91 Å². The Kier molecular flexibility index (Phi) is 5.44. The number of thioether (sulfide) groups is 1. The van der Waals surface area contributed by atoms with Crippen molar-refractivity contribution < 1.29 is 9.53 Å². The molecule has 0 unspecified atom stereocenters. The highest BCUT2D eigenvalue weighted by Gasteiger charge is 2.28. The van der Waals surface area contributed by atoms with Crippen molar-refractivity contribution in [2.24, 2.45) is 5.10 Å². The summed E-state index contributed by atoms with van der Waals surface area (Å²) in [6.07, 6.45) is 1.62. The van der Waals surface area contributed by atoms with Crippen LogP contribution in [-0.4, -0.2) is 25.0 Å². The highest BCUT2D eigenvalue weighted by Crippen LogP contribution is 2.49. The molecule has 4 rings (SSSR count). The summed E-state index contributed by atoms with van der Waals surface area (Å²) in [7, 11) is 1.62. The number of ether oxygens (including phenoxy) is 1. The van der Waals surface area contributed by atoms with Gasteiger partial charge in [-0.3, -0.25) is 4.79 Å². The van der Waals surface area contributed by atoms with Crippen molar-refractivity contribution in [2.45, 2.75) is 5.25 Å². The van der Waals surface area contributed by atoms with Crippen LogP contribution in [0.4, 0.5) is 0 Å². The van der Waals surface area contributed by atoms with Gasteiger partial charge >= 0.3 is 0 Å². The van der Waals surface area contributed by atoms with Gasteiger partial charge in [0.05, 0.1) is 24.3 Å². The Bertz CT molecular complexity index is 987. The molecule has 0 atom stereocenters. The first kappa shape index (κ1) is 18.3. The molecule has 0 saturated carbocycles. The van der Waals surface area contributed by atoms with Crippen LogP contribution >= 0.6 is 11.8 Å². The molecule has 5 heteroatoms. The van der Waals surface area contributed by atoms with Crippen molar-refractivity contribution in [1.29, 1.82) is 0 Å². The van der Waals surface area contributed by atoms with Crippen molar-refractivity contribution in [3.63, 3.8) is 0 Å². The van der Waals surface area contributed by atoms with Gasteiger partial charge in [-0.25, -0.2) is 5.43 Å². The van der Waals surface area contributed by atoms with Crippen molar-refractivity contribution >= 4 is 23.9 Å². The van der Waals surface area contributed by atoms with Crippen LogP contribution < -0.4 is 10.2 Å². The summed E-state index contributed by atoms with van der Waals surface area (Å²) in [5.41, 5.74) is 8.52. The Morgan fingerprint density at radius 2 is 1.71 bits per heavy atom. The second-order valence-corrected chi connectivity index (χ2v) is 7.53. The highest BCUT2D eigenvalue weighted by atomic mass is 32.2. The fourth-order valence-corrected chi connectivity index (χ4v) is 4.53. The van der Waals surface area contributed by atoms with Crippen molar-refractivity contribution in [1.82, 2.24) is 5.43 Å². The molecule has 0 fully saturated rings. The average Bonchev–Trinajstić information content (AvgIpc) is 3.06. The molecule has 1 aliphatic carbocycles. The second-order valence-electron chi connectivity index (χ2n) is 6.44. The molecule has 0 aliphatic heterocycles. The molecule has 0 aromatic heterocycles. The van der Waals surface area contributed by atoms with Gasteiger partial charge in [-0.05, 0) is 39.9 Å². The van der Waals surface area contributed by atoms with Crippen LogP contribution in [0.25, 0.3) is 11.1 Å². The van der Waals surface area contributed by atoms with Crippen LogP contribution in [0.3, 0.4) is 0 Å². The molecule has 1 amide bonds. The van der Waals surface area contributed by atoms with E-state index in [4.69, 9.17) is 4.74 Å². The van der Waals surface area contributed by atoms with Gasteiger partial charge < -0.3 is 4.74 Å². The van der Waals surface area contributed by atoms with Crippen LogP contribution in [-0.2, 0) is 4.79 Å². The van der Waals surface area contributed by atoms with Crippen LogP contribution in [0.15, 0.2) is 77.9 Å². The van der Waals surface area contributed by atoms with Crippen LogP contribution in [0, 0.1) is 0 Å². The van der Waals surface area contributed by atoms with E-state index in [1.54, 1.807) is 25.1 Å². The summed E-state index contributed by atoms with van der Waals surface area (Å²) in [5.74, 6) is 0.971. The Morgan fingerprint density at radius 1 is 1.04 bits per heavy atom. The number of rotatable bonds is 6. The monoisotopic (exact) mass is 388 g/mol. The number of hydrogen-bond donors (Lipinski definition) is 1. The first-order valence-corrected chi connectivity index (χ1v) is 10.1. The zero-order valence-electron chi connectivity index (χ0n) is 15.5. The van der Waals surface area contributed by atoms with Crippen LogP contribution in [0.5, 0.6) is 5.75 Å². The van der Waals surface area contributed by atoms with Crippen molar-refractivity contribution in [3.05, 3.63) is 89.5 Å². The van der Waals surface area contributed by atoms with E-state index in [9.17, 15) is 4.79 Å². The molecular weight excluding hydrogens is 368 g/mol. The minimum absolute atomic E-state index is 0.119. The predicted molar refractivity (Wildman–Crippen MR) is 115 cm³/mol. The van der Waals surface area contributed by atoms with E-state index in [-0.39, 0.29) is 11.2 Å². The highest BCUT2D eigenvalue weighted by molar-refractivity contribution is 8.00. The fraction of sp³-hybridized carbons (Fsp3) is 0.130. The lowest BCUT2D eigenvalue weighted by Crippen LogP contribution is -2.20. The van der Waals surface area contributed by atoms with E-state index >= 15 is 0 Å². The number of hydrogen-bond acceptors (Lipinski definition) is 4. The Morgan fingerprint density at radius 3 is 2.39 bits per heavy atom. The lowest BCUT2D eigenvalue weighted by molar-refractivity contribution is -0.118. The molecule has 0 heterocycles. The summed E-state index contributed by atoms with van der Waals surface area (Å²) in [6, 6.07) is 24.3. The molecule has 0 bridgehead atoms. The fourth-order valence-electron chi connectivity index (χ4n) is 3.38. The maximum Gasteiger partial charge on any atom is 0.250 e. The van der Waals surface area contributed by atoms with Gasteiger partial charge in [0.15, 0.2) is 0 Å². The van der Waals surface area contributed by atoms with Gasteiger partial charge in [-0.15, -0.1) is 11.8 Å². The lowest BCUT2D eigenvalue weighted by atomic mass is 10.1. The maximum atomic E-state index is 12.3. The molecule has 0 saturated heterocycles. The van der Waals surface area contributed by atoms with E-state index in [0.717, 1.165) is 11.3 Å². The summed E-state index contributed by atoms with van der Waals surface area (Å²) in [5, 5.41) is 4.22. The normalized spacial score (nSPS) is 12.6. The largest absolute Gasteiger partial charge is 0.497 e. The standard InChI is InChI=1S/C23H20N2O2S/c1-27-17-8-6-7-16(13-17)14-24-25-22(26)15-28-23-20-11-4-2-9-18(20)19-10-3-5-12-21(19)23/h2-14,23H,15H2,1H3,(H,25,26). The average molecular weight is 388 g/mol. The van der Waals surface area contributed by atoms with Gasteiger partial charge in [0, 0.05) is 0 Å². The molecule has 1 aliphatic rings. The summed E-state index contributed by atoms with van der Waals surface area (Å²) >= 11 is 1.62. The minimum atomic E-state index is -0.119. The number of amides is 1. The number of fused-ring (bicyclic) bond motifs is 3. The number of hydrazone groups is 1. The maximum absolute atomic E-state index is 12.3. The SMILES string of the molecule is COc1cccc(C=NNC(=O)CSC2c3ccccc3-c3ccccc32)c1. The van der Waals surface area contributed by atoms with Gasteiger partial charge in [-0.2, -0.15) is 5.10 Å². The zero-order valence-corrected chi connectivity index (χ0v) is 16.3. The molecule has 1 N–H and O–H groups in total. The Hall–Kier alpha value is -3.05. The molecule has 3 aromatic rings. The van der Waals surface area contributed by atoms with Gasteiger partial charge in [0.1, 0.15) is 5.75 Å². The third-order valence-corrected chi connectivity index (χ3v) is 5.92. The van der Waals surface area contributed by atoms with Crippen molar-refractivity contribution in [2.75, 3.05) is 12.9 Å². The molecule has 0 spiro atoms. The number of nitrogens with zero attached hydrogens (tertiary/aromatic N) is 1. The quantitative estimate of drug-likeness (QED) is 0.494. The molecular formula is C23H20N2O2S. The number of methoxy groups -OCH3 is 1. The van der Waals surface area contributed by atoms with Crippen LogP contribution in [0.1, 0.15) is 21.9 Å². The van der Waals surface area contributed by atoms with Crippen molar-refractivity contribution in [3.8, 4) is 16.9 Å². The van der Waals surface area contributed by atoms with E-state index in [2.05, 4.69) is 59.1 Å². The molecule has 28 heavy (non-hydrogen) atoms. The van der Waals surface area contributed by atoms with E-state index in [1.807, 2.05) is 24.3 Å². The first-order valence-electron chi connectivity index (χ1n) is 9.02. The first-order chi connectivity index (χ1) is 13.8. The predicted octanol–water partition coefficient (Wildman–Crippen LogP) is 4.65. The second kappa shape index (κ2) is 8.31. The van der Waals surface area contributed by atoms with E-state index < -0.39 is 0 Å². The third-order valence-electron chi connectivity index (χ3n) is 4.65. The summed E-state index contributed by atoms with van der Waals surface area (Å²) in [4.78, 5) is 12.3. The van der Waals surface area contributed by atoms with Gasteiger partial charge in [0.25, 0.3) is 0 Å². The molecule has 4 nitrogen and oxygen atoms in total.